The van der Waals surface area contributed by atoms with Crippen LogP contribution >= 0.6 is 11.8 Å². The van der Waals surface area contributed by atoms with E-state index in [1.165, 1.54) is 0 Å². The van der Waals surface area contributed by atoms with Gasteiger partial charge in [0.05, 0.1) is 6.54 Å². The molecule has 0 amide bonds. The quantitative estimate of drug-likeness (QED) is 0.316. The van der Waals surface area contributed by atoms with Crippen molar-refractivity contribution in [3.05, 3.63) is 0 Å². The Kier molecular flexibility index (Phi) is 7.31. The number of hydrogen-bond acceptors (Lipinski definition) is 4. The Labute approximate surface area is 96.7 Å². The number of halogens is 3. The van der Waals surface area contributed by atoms with Crippen LogP contribution in [0.2, 0.25) is 0 Å². The maximum atomic E-state index is 11.9. The van der Waals surface area contributed by atoms with Crippen LogP contribution < -0.4 is 5.73 Å². The first-order valence-electron chi connectivity index (χ1n) is 4.78. The van der Waals surface area contributed by atoms with E-state index in [9.17, 15) is 13.2 Å². The Morgan fingerprint density at radius 2 is 2.06 bits per heavy atom. The van der Waals surface area contributed by atoms with E-state index in [-0.39, 0.29) is 36.4 Å². The number of nitrogens with zero attached hydrogens (tertiary/aromatic N) is 2. The van der Waals surface area contributed by atoms with Crippen LogP contribution in [0.4, 0.5) is 13.2 Å². The lowest BCUT2D eigenvalue weighted by Crippen LogP contribution is -2.36. The maximum absolute atomic E-state index is 11.9. The molecule has 0 heterocycles. The Bertz CT molecular complexity index is 223. The van der Waals surface area contributed by atoms with E-state index in [4.69, 9.17) is 10.9 Å². The zero-order chi connectivity index (χ0) is 12.6. The zero-order valence-corrected chi connectivity index (χ0v) is 9.81. The lowest BCUT2D eigenvalue weighted by atomic mass is 10.4. The van der Waals surface area contributed by atoms with Gasteiger partial charge in [0.25, 0.3) is 0 Å². The molecule has 0 unspecified atom stereocenters. The summed E-state index contributed by atoms with van der Waals surface area (Å²) in [6.45, 7) is 2.97. The minimum Gasteiger partial charge on any atom is -0.409 e. The molecule has 0 radical (unpaired) electrons. The number of rotatable bonds is 7. The van der Waals surface area contributed by atoms with Crippen LogP contribution in [0, 0.1) is 0 Å². The predicted molar refractivity (Wildman–Crippen MR) is 58.7 cm³/mol. The average molecular weight is 259 g/mol. The van der Waals surface area contributed by atoms with E-state index in [1.54, 1.807) is 4.90 Å². The second-order valence-corrected chi connectivity index (χ2v) is 4.32. The zero-order valence-electron chi connectivity index (χ0n) is 9.00. The van der Waals surface area contributed by atoms with Crippen molar-refractivity contribution in [2.75, 3.05) is 25.4 Å². The third-order valence-corrected chi connectivity index (χ3v) is 2.44. The summed E-state index contributed by atoms with van der Waals surface area (Å²) in [4.78, 5) is 1.72. The average Bonchev–Trinajstić information content (AvgIpc) is 2.15. The van der Waals surface area contributed by atoms with Gasteiger partial charge in [0.1, 0.15) is 0 Å². The number of amidine groups is 1. The monoisotopic (exact) mass is 259 g/mol. The van der Waals surface area contributed by atoms with Gasteiger partial charge in [0.2, 0.25) is 0 Å². The number of hydrogen-bond donors (Lipinski definition) is 2. The highest BCUT2D eigenvalue weighted by atomic mass is 32.2. The molecule has 0 rings (SSSR count). The molecule has 8 heteroatoms. The fraction of sp³-hybridized carbons (Fsp3) is 0.875. The molecule has 0 spiro atoms. The summed E-state index contributed by atoms with van der Waals surface area (Å²) in [6.07, 6.45) is 0.801. The fourth-order valence-electron chi connectivity index (χ4n) is 1.14. The molecule has 0 aliphatic heterocycles. The van der Waals surface area contributed by atoms with Crippen molar-refractivity contribution in [2.24, 2.45) is 10.9 Å². The van der Waals surface area contributed by atoms with E-state index in [0.717, 1.165) is 6.42 Å². The molecule has 4 nitrogen and oxygen atoms in total. The van der Waals surface area contributed by atoms with Crippen molar-refractivity contribution in [1.82, 2.24) is 4.90 Å². The van der Waals surface area contributed by atoms with Crippen molar-refractivity contribution in [2.45, 2.75) is 18.9 Å². The molecule has 0 aliphatic carbocycles. The smallest absolute Gasteiger partial charge is 0.409 e. The first-order valence-corrected chi connectivity index (χ1v) is 5.77. The van der Waals surface area contributed by atoms with Crippen LogP contribution in [0.5, 0.6) is 0 Å². The number of oxime groups is 1. The van der Waals surface area contributed by atoms with Crippen molar-refractivity contribution >= 4 is 17.6 Å². The van der Waals surface area contributed by atoms with Crippen LogP contribution in [0.25, 0.3) is 0 Å². The molecule has 0 saturated carbocycles. The summed E-state index contributed by atoms with van der Waals surface area (Å²) in [5.41, 5.74) is 1.09. The molecule has 3 N–H and O–H groups in total. The van der Waals surface area contributed by atoms with Gasteiger partial charge in [-0.05, 0) is 24.7 Å². The van der Waals surface area contributed by atoms with Crippen LogP contribution in [-0.2, 0) is 0 Å². The molecule has 0 aromatic rings. The third kappa shape index (κ3) is 8.66. The van der Waals surface area contributed by atoms with E-state index >= 15 is 0 Å². The van der Waals surface area contributed by atoms with E-state index in [0.29, 0.717) is 6.54 Å². The van der Waals surface area contributed by atoms with E-state index in [2.05, 4.69) is 5.16 Å². The Balaban J connectivity index is 3.94. The predicted octanol–water partition coefficient (Wildman–Crippen LogP) is 1.70. The lowest BCUT2D eigenvalue weighted by Gasteiger charge is -2.20. The minimum atomic E-state index is -4.20. The van der Waals surface area contributed by atoms with Crippen molar-refractivity contribution in [1.29, 1.82) is 0 Å². The van der Waals surface area contributed by atoms with Gasteiger partial charge >= 0.3 is 5.51 Å². The molecule has 0 fully saturated rings. The van der Waals surface area contributed by atoms with Crippen LogP contribution in [0.15, 0.2) is 5.16 Å². The summed E-state index contributed by atoms with van der Waals surface area (Å²) >= 11 is -0.0624. The summed E-state index contributed by atoms with van der Waals surface area (Å²) < 4.78 is 35.6. The second kappa shape index (κ2) is 7.61. The largest absolute Gasteiger partial charge is 0.441 e. The SMILES string of the molecule is CCCN(CCSC(F)(F)F)CC(N)=NO. The highest BCUT2D eigenvalue weighted by molar-refractivity contribution is 8.00. The van der Waals surface area contributed by atoms with Crippen molar-refractivity contribution in [3.8, 4) is 0 Å². The van der Waals surface area contributed by atoms with Gasteiger partial charge in [0, 0.05) is 12.3 Å². The van der Waals surface area contributed by atoms with Gasteiger partial charge in [0.15, 0.2) is 5.84 Å². The van der Waals surface area contributed by atoms with Gasteiger partial charge in [-0.15, -0.1) is 0 Å². The molecule has 0 aromatic carbocycles. The molecule has 16 heavy (non-hydrogen) atoms. The number of alkyl halides is 3. The minimum absolute atomic E-state index is 0.00505. The molecule has 96 valence electrons. The molecular formula is C8H16F3N3OS. The summed E-state index contributed by atoms with van der Waals surface area (Å²) in [6, 6.07) is 0. The Hall–Kier alpha value is -0.630. The summed E-state index contributed by atoms with van der Waals surface area (Å²) in [5, 5.41) is 11.1. The van der Waals surface area contributed by atoms with Gasteiger partial charge in [-0.3, -0.25) is 4.90 Å². The van der Waals surface area contributed by atoms with E-state index < -0.39 is 5.51 Å². The Morgan fingerprint density at radius 3 is 2.50 bits per heavy atom. The molecular weight excluding hydrogens is 243 g/mol. The highest BCUT2D eigenvalue weighted by Gasteiger charge is 2.27. The van der Waals surface area contributed by atoms with Gasteiger partial charge in [-0.1, -0.05) is 12.1 Å². The van der Waals surface area contributed by atoms with Crippen molar-refractivity contribution in [3.63, 3.8) is 0 Å². The number of nitrogens with two attached hydrogens (primary N) is 1. The van der Waals surface area contributed by atoms with Crippen molar-refractivity contribution < 1.29 is 18.4 Å². The lowest BCUT2D eigenvalue weighted by molar-refractivity contribution is -0.0328. The highest BCUT2D eigenvalue weighted by Crippen LogP contribution is 2.29. The standard InChI is InChI=1S/C8H16F3N3OS/c1-2-3-14(6-7(12)13-15)4-5-16-8(9,10)11/h15H,2-6H2,1H3,(H2,12,13). The number of thioether (sulfide) groups is 1. The summed E-state index contributed by atoms with van der Waals surface area (Å²) in [7, 11) is 0. The molecule has 0 aromatic heterocycles. The van der Waals surface area contributed by atoms with Gasteiger partial charge in [-0.25, -0.2) is 0 Å². The van der Waals surface area contributed by atoms with Gasteiger partial charge < -0.3 is 10.9 Å². The first-order chi connectivity index (χ1) is 7.39. The summed E-state index contributed by atoms with van der Waals surface area (Å²) in [5.74, 6) is -0.0483. The molecule has 0 aliphatic rings. The second-order valence-electron chi connectivity index (χ2n) is 3.16. The topological polar surface area (TPSA) is 61.8 Å². The molecule has 0 bridgehead atoms. The van der Waals surface area contributed by atoms with Gasteiger partial charge in [-0.2, -0.15) is 13.2 Å². The van der Waals surface area contributed by atoms with Crippen LogP contribution in [-0.4, -0.2) is 46.8 Å². The van der Waals surface area contributed by atoms with E-state index in [1.807, 2.05) is 6.92 Å². The molecule has 0 atom stereocenters. The Morgan fingerprint density at radius 1 is 1.44 bits per heavy atom. The third-order valence-electron chi connectivity index (χ3n) is 1.73. The maximum Gasteiger partial charge on any atom is 0.441 e. The fourth-order valence-corrected chi connectivity index (χ4v) is 1.72. The van der Waals surface area contributed by atoms with Crippen LogP contribution in [0.1, 0.15) is 13.3 Å². The normalized spacial score (nSPS) is 13.4. The van der Waals surface area contributed by atoms with Crippen LogP contribution in [0.3, 0.4) is 0 Å². The molecule has 0 saturated heterocycles. The first kappa shape index (κ1) is 15.4.